The van der Waals surface area contributed by atoms with Crippen LogP contribution in [0.1, 0.15) is 75.6 Å². The van der Waals surface area contributed by atoms with E-state index in [0.717, 1.165) is 39.0 Å². The summed E-state index contributed by atoms with van der Waals surface area (Å²) >= 11 is 0. The molecule has 0 aromatic carbocycles. The van der Waals surface area contributed by atoms with Gasteiger partial charge in [0.05, 0.1) is 12.0 Å². The van der Waals surface area contributed by atoms with Crippen molar-refractivity contribution in [3.8, 4) is 6.07 Å². The summed E-state index contributed by atoms with van der Waals surface area (Å²) in [5.41, 5.74) is 0. The first-order valence-electron chi connectivity index (χ1n) is 10.5. The predicted molar refractivity (Wildman–Crippen MR) is 116 cm³/mol. The lowest BCUT2D eigenvalue weighted by molar-refractivity contribution is -0.132. The highest BCUT2D eigenvalue weighted by Crippen LogP contribution is 2.17. The summed E-state index contributed by atoms with van der Waals surface area (Å²) in [6, 6.07) is 2.78. The van der Waals surface area contributed by atoms with E-state index in [2.05, 4.69) is 30.3 Å². The molecule has 26 heavy (non-hydrogen) atoms. The predicted octanol–water partition coefficient (Wildman–Crippen LogP) is 4.39. The number of rotatable bonds is 6. The summed E-state index contributed by atoms with van der Waals surface area (Å²) in [4.78, 5) is 15.8. The van der Waals surface area contributed by atoms with Crippen molar-refractivity contribution >= 4 is 5.91 Å². The summed E-state index contributed by atoms with van der Waals surface area (Å²) in [6.07, 6.45) is 3.89. The molecule has 1 heterocycles. The van der Waals surface area contributed by atoms with E-state index in [9.17, 15) is 4.79 Å². The molecule has 1 saturated heterocycles. The van der Waals surface area contributed by atoms with Gasteiger partial charge in [-0.25, -0.2) is 0 Å². The fraction of sp³-hybridized carbons (Fsp3) is 0.905. The van der Waals surface area contributed by atoms with Crippen LogP contribution in [0.5, 0.6) is 0 Å². The highest BCUT2D eigenvalue weighted by molar-refractivity contribution is 5.75. The number of nitrogens with one attached hydrogen (secondary N) is 1. The molecule has 1 amide bonds. The van der Waals surface area contributed by atoms with Gasteiger partial charge in [0.25, 0.3) is 0 Å². The van der Waals surface area contributed by atoms with Crippen LogP contribution >= 0.6 is 0 Å². The van der Waals surface area contributed by atoms with E-state index >= 15 is 0 Å². The van der Waals surface area contributed by atoms with Gasteiger partial charge in [0.15, 0.2) is 0 Å². The molecule has 1 fully saturated rings. The number of carbonyl (C=O) groups excluding carboxylic acids is 1. The van der Waals surface area contributed by atoms with Crippen LogP contribution in [0.2, 0.25) is 0 Å². The van der Waals surface area contributed by atoms with E-state index in [-0.39, 0.29) is 13.3 Å². The van der Waals surface area contributed by atoms with Gasteiger partial charge >= 0.3 is 0 Å². The standard InChI is InChI=1S/C13H23N3O.C4H11N.2C2H6.H2/c1-4-13(17)16-7-5-12(6-8-16)15(3)10-11(2)9-14;1-3-4-5-2;2*1-2;/h11-12H,4-8,10H2,1-3H3;5H,3-4H2,1-2H3;2*1-2H3;1H. The lowest BCUT2D eigenvalue weighted by Crippen LogP contribution is -2.46. The van der Waals surface area contributed by atoms with Gasteiger partial charge in [-0.3, -0.25) is 4.79 Å². The minimum Gasteiger partial charge on any atom is -0.343 e. The van der Waals surface area contributed by atoms with Crippen LogP contribution in [0.25, 0.3) is 0 Å². The van der Waals surface area contributed by atoms with E-state index in [4.69, 9.17) is 5.26 Å². The molecule has 1 N–H and O–H groups in total. The van der Waals surface area contributed by atoms with Crippen LogP contribution in [-0.2, 0) is 4.79 Å². The number of amides is 1. The maximum absolute atomic E-state index is 11.5. The Balaban J connectivity index is -0.000000226. The SMILES string of the molecule is CC.CC.CCC(=O)N1CCC(N(C)CC(C)C#N)CC1.CCCNC.[HH]. The average Bonchev–Trinajstić information content (AvgIpc) is 2.71. The second-order valence-corrected chi connectivity index (χ2v) is 6.04. The first-order chi connectivity index (χ1) is 12.5. The van der Waals surface area contributed by atoms with E-state index in [1.807, 2.05) is 53.5 Å². The van der Waals surface area contributed by atoms with Gasteiger partial charge in [-0.1, -0.05) is 41.5 Å². The third-order valence-electron chi connectivity index (χ3n) is 4.03. The van der Waals surface area contributed by atoms with Gasteiger partial charge in [-0.2, -0.15) is 5.26 Å². The maximum Gasteiger partial charge on any atom is 0.222 e. The summed E-state index contributed by atoms with van der Waals surface area (Å²) in [5.74, 6) is 0.340. The molecule has 1 aliphatic rings. The molecule has 0 spiro atoms. The minimum absolute atomic E-state index is 0. The Kier molecular flexibility index (Phi) is 25.0. The first-order valence-corrected chi connectivity index (χ1v) is 10.5. The molecule has 1 atom stereocenters. The fourth-order valence-electron chi connectivity index (χ4n) is 2.65. The number of nitrogens with zero attached hydrogens (tertiary/aromatic N) is 3. The van der Waals surface area contributed by atoms with Crippen LogP contribution < -0.4 is 5.32 Å². The zero-order valence-corrected chi connectivity index (χ0v) is 19.1. The van der Waals surface area contributed by atoms with Crippen molar-refractivity contribution in [3.05, 3.63) is 0 Å². The number of carbonyl (C=O) groups is 1. The van der Waals surface area contributed by atoms with Crippen LogP contribution in [0.4, 0.5) is 0 Å². The molecule has 5 nitrogen and oxygen atoms in total. The zero-order valence-electron chi connectivity index (χ0n) is 19.1. The summed E-state index contributed by atoms with van der Waals surface area (Å²) < 4.78 is 0. The molecule has 0 aromatic rings. The van der Waals surface area contributed by atoms with Gasteiger partial charge in [0.2, 0.25) is 5.91 Å². The zero-order chi connectivity index (χ0) is 21.0. The Hall–Kier alpha value is -1.12. The summed E-state index contributed by atoms with van der Waals surface area (Å²) in [5, 5.41) is 11.8. The Morgan fingerprint density at radius 1 is 1.27 bits per heavy atom. The number of likely N-dealkylation sites (tertiary alicyclic amines) is 1. The number of hydrogen-bond donors (Lipinski definition) is 1. The molecule has 0 radical (unpaired) electrons. The van der Waals surface area contributed by atoms with Crippen molar-refractivity contribution in [1.29, 1.82) is 5.26 Å². The smallest absolute Gasteiger partial charge is 0.222 e. The monoisotopic (exact) mass is 372 g/mol. The molecule has 0 saturated carbocycles. The van der Waals surface area contributed by atoms with Crippen molar-refractivity contribution < 1.29 is 6.22 Å². The van der Waals surface area contributed by atoms with Gasteiger partial charge in [-0.15, -0.1) is 0 Å². The fourth-order valence-corrected chi connectivity index (χ4v) is 2.65. The Morgan fingerprint density at radius 3 is 2.08 bits per heavy atom. The molecule has 0 aliphatic carbocycles. The first kappa shape index (κ1) is 29.6. The topological polar surface area (TPSA) is 59.4 Å². The van der Waals surface area contributed by atoms with E-state index < -0.39 is 0 Å². The third kappa shape index (κ3) is 15.2. The molecular formula is C21H48N4O. The second kappa shape index (κ2) is 21.9. The Bertz CT molecular complexity index is 338. The van der Waals surface area contributed by atoms with E-state index in [1.165, 1.54) is 6.42 Å². The van der Waals surface area contributed by atoms with Crippen molar-refractivity contribution in [2.75, 3.05) is 40.3 Å². The Morgan fingerprint density at radius 2 is 1.77 bits per heavy atom. The van der Waals surface area contributed by atoms with Crippen molar-refractivity contribution in [3.63, 3.8) is 0 Å². The molecule has 0 bridgehead atoms. The largest absolute Gasteiger partial charge is 0.343 e. The molecule has 0 aromatic heterocycles. The van der Waals surface area contributed by atoms with Gasteiger partial charge in [-0.05, 0) is 46.8 Å². The van der Waals surface area contributed by atoms with Gasteiger partial charge < -0.3 is 15.1 Å². The molecule has 1 rings (SSSR count). The molecule has 5 heteroatoms. The highest BCUT2D eigenvalue weighted by Gasteiger charge is 2.24. The normalized spacial score (nSPS) is 14.6. The third-order valence-corrected chi connectivity index (χ3v) is 4.03. The van der Waals surface area contributed by atoms with E-state index in [1.54, 1.807) is 0 Å². The van der Waals surface area contributed by atoms with E-state index in [0.29, 0.717) is 12.5 Å². The number of nitriles is 1. The lowest BCUT2D eigenvalue weighted by Gasteiger charge is -2.37. The maximum atomic E-state index is 11.5. The average molecular weight is 373 g/mol. The van der Waals surface area contributed by atoms with Gasteiger partial charge in [0.1, 0.15) is 0 Å². The van der Waals surface area contributed by atoms with Crippen LogP contribution in [0.15, 0.2) is 0 Å². The molecular weight excluding hydrogens is 324 g/mol. The molecule has 158 valence electrons. The highest BCUT2D eigenvalue weighted by atomic mass is 16.2. The molecule has 1 unspecified atom stereocenters. The van der Waals surface area contributed by atoms with Crippen molar-refractivity contribution in [2.24, 2.45) is 5.92 Å². The lowest BCUT2D eigenvalue weighted by atomic mass is 10.0. The second-order valence-electron chi connectivity index (χ2n) is 6.04. The van der Waals surface area contributed by atoms with Crippen LogP contribution in [0, 0.1) is 17.2 Å². The number of hydrogen-bond acceptors (Lipinski definition) is 4. The number of piperidine rings is 1. The quantitative estimate of drug-likeness (QED) is 0.751. The molecule has 1 aliphatic heterocycles. The minimum atomic E-state index is 0. The summed E-state index contributed by atoms with van der Waals surface area (Å²) in [6.45, 7) is 17.7. The van der Waals surface area contributed by atoms with Crippen molar-refractivity contribution in [1.82, 2.24) is 15.1 Å². The van der Waals surface area contributed by atoms with Crippen LogP contribution in [0.3, 0.4) is 0 Å². The van der Waals surface area contributed by atoms with Crippen molar-refractivity contribution in [2.45, 2.75) is 80.2 Å². The van der Waals surface area contributed by atoms with Crippen LogP contribution in [-0.4, -0.2) is 62.0 Å². The Labute approximate surface area is 165 Å². The summed E-state index contributed by atoms with van der Waals surface area (Å²) in [7, 11) is 4.04. The van der Waals surface area contributed by atoms with Gasteiger partial charge in [0, 0.05) is 33.5 Å².